The van der Waals surface area contributed by atoms with Gasteiger partial charge in [-0.25, -0.2) is 9.59 Å². The summed E-state index contributed by atoms with van der Waals surface area (Å²) in [5.74, 6) is 0.0615. The van der Waals surface area contributed by atoms with Crippen molar-refractivity contribution in [2.45, 2.75) is 72.1 Å². The zero-order valence-corrected chi connectivity index (χ0v) is 21.1. The van der Waals surface area contributed by atoms with Crippen molar-refractivity contribution in [2.24, 2.45) is 0 Å². The number of hydrogen-bond acceptors (Lipinski definition) is 4. The van der Waals surface area contributed by atoms with Crippen LogP contribution in [0.25, 0.3) is 0 Å². The molecule has 0 aliphatic carbocycles. The number of benzene rings is 3. The fourth-order valence-electron chi connectivity index (χ4n) is 3.95. The molecule has 35 heavy (non-hydrogen) atoms. The third-order valence-electron chi connectivity index (χ3n) is 6.09. The van der Waals surface area contributed by atoms with E-state index in [9.17, 15) is 9.59 Å². The van der Waals surface area contributed by atoms with Crippen LogP contribution in [0, 0.1) is 6.92 Å². The molecule has 184 valence electrons. The van der Waals surface area contributed by atoms with Gasteiger partial charge in [-0.15, -0.1) is 0 Å². The van der Waals surface area contributed by atoms with Crippen molar-refractivity contribution < 1.29 is 19.1 Å². The molecule has 0 atom stereocenters. The predicted molar refractivity (Wildman–Crippen MR) is 140 cm³/mol. The molecule has 0 bridgehead atoms. The van der Waals surface area contributed by atoms with Crippen LogP contribution in [0.3, 0.4) is 0 Å². The van der Waals surface area contributed by atoms with Crippen LogP contribution in [0.5, 0.6) is 11.5 Å². The lowest BCUT2D eigenvalue weighted by Crippen LogP contribution is -2.12. The third kappa shape index (κ3) is 8.10. The van der Waals surface area contributed by atoms with Crippen molar-refractivity contribution in [1.82, 2.24) is 0 Å². The van der Waals surface area contributed by atoms with Gasteiger partial charge in [0.25, 0.3) is 0 Å². The molecule has 0 heterocycles. The number of rotatable bonds is 12. The van der Waals surface area contributed by atoms with E-state index < -0.39 is 11.9 Å². The SMILES string of the molecule is CCCCCc1ccc(OC(=O)c2ccc(OC(=O)c3ccc(CCCCC)cc3)cc2C)cc1. The van der Waals surface area contributed by atoms with Gasteiger partial charge in [0, 0.05) is 0 Å². The van der Waals surface area contributed by atoms with Crippen molar-refractivity contribution >= 4 is 11.9 Å². The van der Waals surface area contributed by atoms with Crippen LogP contribution in [0.15, 0.2) is 66.7 Å². The van der Waals surface area contributed by atoms with Gasteiger partial charge in [0.2, 0.25) is 0 Å². The van der Waals surface area contributed by atoms with Gasteiger partial charge in [-0.1, -0.05) is 63.8 Å². The molecule has 0 aromatic heterocycles. The Morgan fingerprint density at radius 3 is 1.69 bits per heavy atom. The first kappa shape index (κ1) is 26.2. The summed E-state index contributed by atoms with van der Waals surface area (Å²) < 4.78 is 11.1. The van der Waals surface area contributed by atoms with Gasteiger partial charge in [0.1, 0.15) is 11.5 Å². The molecule has 0 radical (unpaired) electrons. The van der Waals surface area contributed by atoms with Gasteiger partial charge in [-0.2, -0.15) is 0 Å². The van der Waals surface area contributed by atoms with Crippen LogP contribution < -0.4 is 9.47 Å². The monoisotopic (exact) mass is 472 g/mol. The Balaban J connectivity index is 1.56. The molecule has 0 unspecified atom stereocenters. The molecule has 0 aliphatic rings. The van der Waals surface area contributed by atoms with Crippen LogP contribution in [0.2, 0.25) is 0 Å². The van der Waals surface area contributed by atoms with E-state index in [4.69, 9.17) is 9.47 Å². The van der Waals surface area contributed by atoms with E-state index in [1.54, 1.807) is 37.3 Å². The standard InChI is InChI=1S/C31H36O4/c1-4-6-8-10-24-12-16-26(17-13-24)30(32)35-28-20-21-29(23(3)22-28)31(33)34-27-18-14-25(15-19-27)11-9-7-5-2/h12-22H,4-11H2,1-3H3. The van der Waals surface area contributed by atoms with E-state index in [2.05, 4.69) is 13.8 Å². The van der Waals surface area contributed by atoms with Gasteiger partial charge in [0.15, 0.2) is 0 Å². The Morgan fingerprint density at radius 2 is 1.14 bits per heavy atom. The number of hydrogen-bond donors (Lipinski definition) is 0. The first-order valence-corrected chi connectivity index (χ1v) is 12.7. The molecule has 0 aliphatic heterocycles. The summed E-state index contributed by atoms with van der Waals surface area (Å²) in [5, 5.41) is 0. The van der Waals surface area contributed by atoms with Gasteiger partial charge in [-0.05, 0) is 91.8 Å². The summed E-state index contributed by atoms with van der Waals surface area (Å²) in [6.07, 6.45) is 9.17. The fraction of sp³-hybridized carbons (Fsp3) is 0.355. The van der Waals surface area contributed by atoms with E-state index >= 15 is 0 Å². The molecule has 0 saturated carbocycles. The van der Waals surface area contributed by atoms with Crippen LogP contribution >= 0.6 is 0 Å². The number of esters is 2. The summed E-state index contributed by atoms with van der Waals surface area (Å²) in [7, 11) is 0. The number of aryl methyl sites for hydroxylation is 3. The molecule has 0 spiro atoms. The van der Waals surface area contributed by atoms with Crippen molar-refractivity contribution in [1.29, 1.82) is 0 Å². The van der Waals surface area contributed by atoms with Crippen LogP contribution in [-0.2, 0) is 12.8 Å². The minimum atomic E-state index is -0.433. The van der Waals surface area contributed by atoms with Gasteiger partial charge in [0.05, 0.1) is 11.1 Å². The average Bonchev–Trinajstić information content (AvgIpc) is 2.86. The molecule has 0 saturated heterocycles. The molecule has 0 N–H and O–H groups in total. The lowest BCUT2D eigenvalue weighted by molar-refractivity contribution is 0.0730. The molecule has 4 nitrogen and oxygen atoms in total. The van der Waals surface area contributed by atoms with Gasteiger partial charge >= 0.3 is 11.9 Å². The Morgan fingerprint density at radius 1 is 0.629 bits per heavy atom. The summed E-state index contributed by atoms with van der Waals surface area (Å²) in [5.41, 5.74) is 4.09. The Labute approximate surface area is 209 Å². The van der Waals surface area contributed by atoms with Crippen LogP contribution in [-0.4, -0.2) is 11.9 Å². The average molecular weight is 473 g/mol. The molecular weight excluding hydrogens is 436 g/mol. The van der Waals surface area contributed by atoms with Crippen molar-refractivity contribution in [3.63, 3.8) is 0 Å². The molecular formula is C31H36O4. The molecule has 3 rings (SSSR count). The van der Waals surface area contributed by atoms with E-state index in [1.165, 1.54) is 36.8 Å². The van der Waals surface area contributed by atoms with Gasteiger partial charge in [-0.3, -0.25) is 0 Å². The second kappa shape index (κ2) is 13.5. The quantitative estimate of drug-likeness (QED) is 0.153. The van der Waals surface area contributed by atoms with Crippen molar-refractivity contribution in [2.75, 3.05) is 0 Å². The summed E-state index contributed by atoms with van der Waals surface area (Å²) in [4.78, 5) is 25.2. The number of ether oxygens (including phenoxy) is 2. The fourth-order valence-corrected chi connectivity index (χ4v) is 3.95. The number of unbranched alkanes of at least 4 members (excludes halogenated alkanes) is 4. The van der Waals surface area contributed by atoms with Gasteiger partial charge < -0.3 is 9.47 Å². The summed E-state index contributed by atoms with van der Waals surface area (Å²) in [6.45, 7) is 6.18. The molecule has 3 aromatic rings. The zero-order valence-electron chi connectivity index (χ0n) is 21.1. The van der Waals surface area contributed by atoms with E-state index in [-0.39, 0.29) is 0 Å². The van der Waals surface area contributed by atoms with E-state index in [0.717, 1.165) is 25.7 Å². The minimum absolute atomic E-state index is 0.396. The smallest absolute Gasteiger partial charge is 0.343 e. The largest absolute Gasteiger partial charge is 0.423 e. The second-order valence-electron chi connectivity index (χ2n) is 9.01. The Kier molecular flexibility index (Phi) is 10.1. The highest BCUT2D eigenvalue weighted by molar-refractivity contribution is 5.93. The Bertz CT molecular complexity index is 1100. The number of carbonyl (C=O) groups is 2. The first-order chi connectivity index (χ1) is 17.0. The zero-order chi connectivity index (χ0) is 25.0. The maximum absolute atomic E-state index is 12.7. The lowest BCUT2D eigenvalue weighted by atomic mass is 10.1. The molecule has 0 fully saturated rings. The normalized spacial score (nSPS) is 10.7. The topological polar surface area (TPSA) is 52.6 Å². The molecule has 0 amide bonds. The summed E-state index contributed by atoms with van der Waals surface area (Å²) >= 11 is 0. The Hall–Kier alpha value is -3.40. The van der Waals surface area contributed by atoms with Crippen molar-refractivity contribution in [3.8, 4) is 11.5 Å². The predicted octanol–water partition coefficient (Wildman–Crippen LogP) is 7.90. The molecule has 4 heteroatoms. The highest BCUT2D eigenvalue weighted by atomic mass is 16.5. The highest BCUT2D eigenvalue weighted by Gasteiger charge is 2.15. The highest BCUT2D eigenvalue weighted by Crippen LogP contribution is 2.22. The third-order valence-corrected chi connectivity index (χ3v) is 6.09. The van der Waals surface area contributed by atoms with Crippen LogP contribution in [0.1, 0.15) is 89.8 Å². The maximum atomic E-state index is 12.7. The number of carbonyl (C=O) groups excluding carboxylic acids is 2. The summed E-state index contributed by atoms with van der Waals surface area (Å²) in [6, 6.07) is 20.2. The lowest BCUT2D eigenvalue weighted by Gasteiger charge is -2.10. The minimum Gasteiger partial charge on any atom is -0.423 e. The second-order valence-corrected chi connectivity index (χ2v) is 9.01. The maximum Gasteiger partial charge on any atom is 0.343 e. The van der Waals surface area contributed by atoms with Crippen molar-refractivity contribution in [3.05, 3.63) is 94.5 Å². The molecule has 3 aromatic carbocycles. The van der Waals surface area contributed by atoms with Crippen LogP contribution in [0.4, 0.5) is 0 Å². The van der Waals surface area contributed by atoms with E-state index in [1.807, 2.05) is 36.4 Å². The van der Waals surface area contributed by atoms with E-state index in [0.29, 0.717) is 28.2 Å². The first-order valence-electron chi connectivity index (χ1n) is 12.7.